The second kappa shape index (κ2) is 8.59. The van der Waals surface area contributed by atoms with E-state index in [9.17, 15) is 18.0 Å². The SMILES string of the molecule is Cc1ccc(C)c(NC(=O)CN2C(=O)CC(c3ccccc3)S(=O)(=O)c3ccccc32)c1. The van der Waals surface area contributed by atoms with Crippen molar-refractivity contribution in [3.05, 3.63) is 89.5 Å². The molecule has 1 N–H and O–H groups in total. The molecule has 1 aliphatic rings. The highest BCUT2D eigenvalue weighted by atomic mass is 32.2. The van der Waals surface area contributed by atoms with Gasteiger partial charge in [-0.3, -0.25) is 9.59 Å². The van der Waals surface area contributed by atoms with Gasteiger partial charge >= 0.3 is 0 Å². The number of benzene rings is 3. The van der Waals surface area contributed by atoms with E-state index in [0.29, 0.717) is 11.3 Å². The first-order chi connectivity index (χ1) is 15.3. The molecule has 7 heteroatoms. The summed E-state index contributed by atoms with van der Waals surface area (Å²) in [4.78, 5) is 27.4. The summed E-state index contributed by atoms with van der Waals surface area (Å²) in [5, 5.41) is 1.84. The van der Waals surface area contributed by atoms with Crippen LogP contribution < -0.4 is 10.2 Å². The lowest BCUT2D eigenvalue weighted by Gasteiger charge is -2.22. The number of carbonyl (C=O) groups is 2. The molecule has 6 nitrogen and oxygen atoms in total. The van der Waals surface area contributed by atoms with Crippen molar-refractivity contribution in [1.82, 2.24) is 0 Å². The van der Waals surface area contributed by atoms with Crippen LogP contribution in [0.25, 0.3) is 0 Å². The zero-order valence-electron chi connectivity index (χ0n) is 17.9. The van der Waals surface area contributed by atoms with Gasteiger partial charge in [-0.1, -0.05) is 54.6 Å². The van der Waals surface area contributed by atoms with Crippen molar-refractivity contribution >= 4 is 33.0 Å². The van der Waals surface area contributed by atoms with Crippen molar-refractivity contribution in [3.8, 4) is 0 Å². The number of aryl methyl sites for hydroxylation is 2. The summed E-state index contributed by atoms with van der Waals surface area (Å²) < 4.78 is 27.0. The van der Waals surface area contributed by atoms with Gasteiger partial charge in [-0.25, -0.2) is 8.42 Å². The summed E-state index contributed by atoms with van der Waals surface area (Å²) >= 11 is 0. The fourth-order valence-corrected chi connectivity index (χ4v) is 5.85. The Kier molecular flexibility index (Phi) is 5.84. The summed E-state index contributed by atoms with van der Waals surface area (Å²) in [6.45, 7) is 3.54. The minimum Gasteiger partial charge on any atom is -0.324 e. The van der Waals surface area contributed by atoms with Gasteiger partial charge in [0.25, 0.3) is 0 Å². The van der Waals surface area contributed by atoms with Crippen molar-refractivity contribution in [2.75, 3.05) is 16.8 Å². The van der Waals surface area contributed by atoms with Crippen LogP contribution in [0.3, 0.4) is 0 Å². The smallest absolute Gasteiger partial charge is 0.244 e. The fraction of sp³-hybridized carbons (Fsp3) is 0.200. The maximum Gasteiger partial charge on any atom is 0.244 e. The Morgan fingerprint density at radius 2 is 1.69 bits per heavy atom. The van der Waals surface area contributed by atoms with Crippen LogP contribution in [0.15, 0.2) is 77.7 Å². The molecular formula is C25H24N2O4S. The number of hydrogen-bond acceptors (Lipinski definition) is 4. The standard InChI is InChI=1S/C25H24N2O4S/c1-17-12-13-18(2)20(14-17)26-24(28)16-27-21-10-6-7-11-22(21)32(30,31)23(15-25(27)29)19-8-4-3-5-9-19/h3-14,23H,15-16H2,1-2H3,(H,26,28). The third-order valence-electron chi connectivity index (χ3n) is 5.64. The highest BCUT2D eigenvalue weighted by Gasteiger charge is 2.39. The molecule has 1 unspecified atom stereocenters. The van der Waals surface area contributed by atoms with Crippen LogP contribution in [0.4, 0.5) is 11.4 Å². The molecule has 1 aliphatic heterocycles. The predicted octanol–water partition coefficient (Wildman–Crippen LogP) is 4.19. The Balaban J connectivity index is 1.70. The predicted molar refractivity (Wildman–Crippen MR) is 124 cm³/mol. The van der Waals surface area contributed by atoms with Gasteiger partial charge in [-0.2, -0.15) is 0 Å². The number of amides is 2. The summed E-state index contributed by atoms with van der Waals surface area (Å²) in [7, 11) is -3.84. The lowest BCUT2D eigenvalue weighted by atomic mass is 10.1. The molecule has 0 aliphatic carbocycles. The van der Waals surface area contributed by atoms with Crippen molar-refractivity contribution in [2.24, 2.45) is 0 Å². The maximum absolute atomic E-state index is 13.5. The largest absolute Gasteiger partial charge is 0.324 e. The Hall–Kier alpha value is -3.45. The molecule has 0 fully saturated rings. The molecule has 0 bridgehead atoms. The van der Waals surface area contributed by atoms with E-state index in [1.54, 1.807) is 48.5 Å². The molecule has 0 aromatic heterocycles. The van der Waals surface area contributed by atoms with Gasteiger partial charge in [-0.15, -0.1) is 0 Å². The normalized spacial score (nSPS) is 17.4. The van der Waals surface area contributed by atoms with E-state index >= 15 is 0 Å². The van der Waals surface area contributed by atoms with Gasteiger partial charge in [0.15, 0.2) is 9.84 Å². The van der Waals surface area contributed by atoms with E-state index < -0.39 is 26.9 Å². The molecule has 0 spiro atoms. The molecule has 3 aromatic rings. The van der Waals surface area contributed by atoms with Crippen LogP contribution in [0.2, 0.25) is 0 Å². The molecule has 0 saturated heterocycles. The second-order valence-corrected chi connectivity index (χ2v) is 10.1. The average Bonchev–Trinajstić information content (AvgIpc) is 2.85. The lowest BCUT2D eigenvalue weighted by Crippen LogP contribution is -2.38. The summed E-state index contributed by atoms with van der Waals surface area (Å²) in [5.74, 6) is -0.805. The first kappa shape index (κ1) is 21.8. The summed E-state index contributed by atoms with van der Waals surface area (Å²) in [6, 6.07) is 20.8. The third kappa shape index (κ3) is 4.16. The second-order valence-electron chi connectivity index (χ2n) is 7.96. The topological polar surface area (TPSA) is 83.6 Å². The van der Waals surface area contributed by atoms with Crippen LogP contribution in [0, 0.1) is 13.8 Å². The van der Waals surface area contributed by atoms with Crippen molar-refractivity contribution in [2.45, 2.75) is 30.4 Å². The van der Waals surface area contributed by atoms with E-state index in [0.717, 1.165) is 11.1 Å². The van der Waals surface area contributed by atoms with Crippen LogP contribution in [-0.2, 0) is 19.4 Å². The van der Waals surface area contributed by atoms with Crippen LogP contribution in [0.5, 0.6) is 0 Å². The number of nitrogens with one attached hydrogen (secondary N) is 1. The molecule has 1 atom stereocenters. The average molecular weight is 449 g/mol. The van der Waals surface area contributed by atoms with Crippen LogP contribution >= 0.6 is 0 Å². The number of hydrogen-bond donors (Lipinski definition) is 1. The first-order valence-corrected chi connectivity index (χ1v) is 11.9. The Morgan fingerprint density at radius 1 is 1.00 bits per heavy atom. The lowest BCUT2D eigenvalue weighted by molar-refractivity contribution is -0.121. The van der Waals surface area contributed by atoms with Crippen molar-refractivity contribution < 1.29 is 18.0 Å². The van der Waals surface area contributed by atoms with Gasteiger partial charge in [0.2, 0.25) is 11.8 Å². The molecule has 2 amide bonds. The zero-order chi connectivity index (χ0) is 22.9. The van der Waals surface area contributed by atoms with E-state index in [1.807, 2.05) is 32.0 Å². The van der Waals surface area contributed by atoms with Gasteiger partial charge in [0.1, 0.15) is 6.54 Å². The number of carbonyl (C=O) groups excluding carboxylic acids is 2. The van der Waals surface area contributed by atoms with E-state index in [2.05, 4.69) is 5.32 Å². The quantitative estimate of drug-likeness (QED) is 0.649. The molecule has 0 radical (unpaired) electrons. The number of nitrogens with zero attached hydrogens (tertiary/aromatic N) is 1. The molecule has 0 saturated carbocycles. The highest BCUT2D eigenvalue weighted by molar-refractivity contribution is 7.92. The van der Waals surface area contributed by atoms with Crippen LogP contribution in [0.1, 0.15) is 28.4 Å². The first-order valence-electron chi connectivity index (χ1n) is 10.3. The Labute approximate surface area is 187 Å². The van der Waals surface area contributed by atoms with Gasteiger partial charge in [0, 0.05) is 12.1 Å². The number of sulfone groups is 1. The van der Waals surface area contributed by atoms with E-state index in [4.69, 9.17) is 0 Å². The molecule has 3 aromatic carbocycles. The summed E-state index contributed by atoms with van der Waals surface area (Å²) in [5.41, 5.74) is 3.35. The Morgan fingerprint density at radius 3 is 2.44 bits per heavy atom. The molecule has 1 heterocycles. The van der Waals surface area contributed by atoms with Gasteiger partial charge in [-0.05, 0) is 48.7 Å². The fourth-order valence-electron chi connectivity index (χ4n) is 3.93. The van der Waals surface area contributed by atoms with Crippen LogP contribution in [-0.4, -0.2) is 26.8 Å². The van der Waals surface area contributed by atoms with E-state index in [1.165, 1.54) is 11.0 Å². The van der Waals surface area contributed by atoms with Crippen molar-refractivity contribution in [3.63, 3.8) is 0 Å². The molecular weight excluding hydrogens is 424 g/mol. The number of fused-ring (bicyclic) bond motifs is 1. The minimum absolute atomic E-state index is 0.0549. The Bertz CT molecular complexity index is 1290. The number of para-hydroxylation sites is 1. The van der Waals surface area contributed by atoms with Crippen molar-refractivity contribution in [1.29, 1.82) is 0 Å². The number of rotatable bonds is 4. The number of anilines is 2. The van der Waals surface area contributed by atoms with Gasteiger partial charge < -0.3 is 10.2 Å². The minimum atomic E-state index is -3.84. The highest BCUT2D eigenvalue weighted by Crippen LogP contribution is 2.40. The monoisotopic (exact) mass is 448 g/mol. The third-order valence-corrected chi connectivity index (χ3v) is 7.78. The van der Waals surface area contributed by atoms with E-state index in [-0.39, 0.29) is 23.5 Å². The van der Waals surface area contributed by atoms with Gasteiger partial charge in [0.05, 0.1) is 15.8 Å². The summed E-state index contributed by atoms with van der Waals surface area (Å²) in [6.07, 6.45) is -0.238. The zero-order valence-corrected chi connectivity index (χ0v) is 18.7. The molecule has 4 rings (SSSR count). The molecule has 32 heavy (non-hydrogen) atoms. The maximum atomic E-state index is 13.5. The molecule has 164 valence electrons.